The number of anilines is 1. The molecule has 29 heavy (non-hydrogen) atoms. The molecule has 0 bridgehead atoms. The van der Waals surface area contributed by atoms with Crippen LogP contribution in [-0.4, -0.2) is 29.8 Å². The Balaban J connectivity index is 1.47. The van der Waals surface area contributed by atoms with Crippen molar-refractivity contribution in [2.75, 3.05) is 18.4 Å². The summed E-state index contributed by atoms with van der Waals surface area (Å²) in [7, 11) is 0. The molecule has 2 aliphatic heterocycles. The van der Waals surface area contributed by atoms with Gasteiger partial charge >= 0.3 is 5.63 Å². The molecular weight excluding hydrogens is 368 g/mol. The summed E-state index contributed by atoms with van der Waals surface area (Å²) in [6, 6.07) is 9.49. The summed E-state index contributed by atoms with van der Waals surface area (Å²) in [6.45, 7) is 2.60. The third-order valence-corrected chi connectivity index (χ3v) is 6.79. The summed E-state index contributed by atoms with van der Waals surface area (Å²) in [4.78, 5) is 40.5. The zero-order chi connectivity index (χ0) is 20.2. The zero-order valence-corrected chi connectivity index (χ0v) is 16.5. The SMILES string of the molecule is Cc1cc(C2CCC2)oc(=O)c1C(=O)N1CCCC2(C1)C(=O)Nc1ccccc12. The van der Waals surface area contributed by atoms with Crippen LogP contribution in [0, 0.1) is 6.92 Å². The molecule has 2 fully saturated rings. The number of aryl methyl sites for hydroxylation is 1. The number of carbonyl (C=O) groups is 2. The van der Waals surface area contributed by atoms with E-state index in [1.807, 2.05) is 30.3 Å². The fourth-order valence-corrected chi connectivity index (χ4v) is 4.95. The van der Waals surface area contributed by atoms with Crippen molar-refractivity contribution >= 4 is 17.5 Å². The van der Waals surface area contributed by atoms with Gasteiger partial charge in [-0.1, -0.05) is 24.6 Å². The first-order valence-corrected chi connectivity index (χ1v) is 10.3. The average Bonchev–Trinajstić information content (AvgIpc) is 2.91. The summed E-state index contributed by atoms with van der Waals surface area (Å²) in [5.74, 6) is 0.574. The molecule has 3 heterocycles. The second kappa shape index (κ2) is 6.58. The van der Waals surface area contributed by atoms with E-state index in [2.05, 4.69) is 5.32 Å². The highest BCUT2D eigenvalue weighted by atomic mass is 16.4. The fraction of sp³-hybridized carbons (Fsp3) is 0.435. The second-order valence-electron chi connectivity index (χ2n) is 8.53. The number of rotatable bonds is 2. The van der Waals surface area contributed by atoms with Crippen molar-refractivity contribution in [3.8, 4) is 0 Å². The second-order valence-corrected chi connectivity index (χ2v) is 8.53. The van der Waals surface area contributed by atoms with Crippen LogP contribution in [0.15, 0.2) is 39.5 Å². The lowest BCUT2D eigenvalue weighted by atomic mass is 9.75. The van der Waals surface area contributed by atoms with E-state index in [-0.39, 0.29) is 23.9 Å². The fourth-order valence-electron chi connectivity index (χ4n) is 4.95. The molecule has 1 aromatic heterocycles. The number of hydrogen-bond acceptors (Lipinski definition) is 4. The maximum atomic E-state index is 13.3. The lowest BCUT2D eigenvalue weighted by molar-refractivity contribution is -0.122. The molecule has 3 aliphatic rings. The van der Waals surface area contributed by atoms with E-state index in [4.69, 9.17) is 4.42 Å². The van der Waals surface area contributed by atoms with Crippen molar-refractivity contribution in [3.63, 3.8) is 0 Å². The Hall–Kier alpha value is -2.89. The van der Waals surface area contributed by atoms with Gasteiger partial charge in [-0.25, -0.2) is 4.79 Å². The summed E-state index contributed by atoms with van der Waals surface area (Å²) in [5.41, 5.74) is 1.19. The van der Waals surface area contributed by atoms with Crippen LogP contribution in [0.2, 0.25) is 0 Å². The van der Waals surface area contributed by atoms with E-state index in [1.54, 1.807) is 11.8 Å². The van der Waals surface area contributed by atoms with Crippen LogP contribution in [-0.2, 0) is 10.2 Å². The van der Waals surface area contributed by atoms with Crippen molar-refractivity contribution in [1.82, 2.24) is 4.90 Å². The third-order valence-electron chi connectivity index (χ3n) is 6.79. The molecule has 5 rings (SSSR count). The normalized spacial score (nSPS) is 23.6. The predicted octanol–water partition coefficient (Wildman–Crippen LogP) is 3.34. The van der Waals surface area contributed by atoms with Crippen LogP contribution in [0.4, 0.5) is 5.69 Å². The van der Waals surface area contributed by atoms with Gasteiger partial charge in [0.15, 0.2) is 0 Å². The maximum Gasteiger partial charge on any atom is 0.349 e. The third kappa shape index (κ3) is 2.73. The van der Waals surface area contributed by atoms with Gasteiger partial charge < -0.3 is 14.6 Å². The molecule has 150 valence electrons. The van der Waals surface area contributed by atoms with Crippen molar-refractivity contribution in [1.29, 1.82) is 0 Å². The van der Waals surface area contributed by atoms with Crippen LogP contribution in [0.3, 0.4) is 0 Å². The van der Waals surface area contributed by atoms with Gasteiger partial charge in [-0.2, -0.15) is 0 Å². The minimum atomic E-state index is -0.746. The first kappa shape index (κ1) is 18.2. The molecule has 6 heteroatoms. The van der Waals surface area contributed by atoms with Crippen LogP contribution in [0.5, 0.6) is 0 Å². The molecule has 1 aromatic carbocycles. The van der Waals surface area contributed by atoms with E-state index in [1.165, 1.54) is 0 Å². The van der Waals surface area contributed by atoms with Gasteiger partial charge in [0, 0.05) is 24.7 Å². The van der Waals surface area contributed by atoms with Gasteiger partial charge in [0.25, 0.3) is 5.91 Å². The highest BCUT2D eigenvalue weighted by Gasteiger charge is 2.50. The van der Waals surface area contributed by atoms with Gasteiger partial charge in [-0.05, 0) is 55.9 Å². The van der Waals surface area contributed by atoms with Crippen LogP contribution in [0.25, 0.3) is 0 Å². The number of amides is 2. The molecule has 1 atom stereocenters. The van der Waals surface area contributed by atoms with Crippen molar-refractivity contribution in [3.05, 3.63) is 63.2 Å². The van der Waals surface area contributed by atoms with Crippen LogP contribution in [0.1, 0.15) is 65.3 Å². The largest absolute Gasteiger partial charge is 0.427 e. The highest BCUT2D eigenvalue weighted by molar-refractivity contribution is 6.07. The first-order valence-electron chi connectivity index (χ1n) is 10.3. The molecule has 1 aliphatic carbocycles. The molecule has 1 unspecified atom stereocenters. The summed E-state index contributed by atoms with van der Waals surface area (Å²) in [5, 5.41) is 2.96. The van der Waals surface area contributed by atoms with E-state index >= 15 is 0 Å². The summed E-state index contributed by atoms with van der Waals surface area (Å²) in [6.07, 6.45) is 4.59. The standard InChI is InChI=1S/C23H24N2O4/c1-14-12-18(15-6-4-7-15)29-21(27)19(14)20(26)25-11-5-10-23(13-25)16-8-2-3-9-17(16)24-22(23)28/h2-3,8-9,12,15H,4-7,10-11,13H2,1H3,(H,24,28). The maximum absolute atomic E-state index is 13.3. The van der Waals surface area contributed by atoms with Gasteiger partial charge in [-0.15, -0.1) is 0 Å². The monoisotopic (exact) mass is 392 g/mol. The molecule has 1 N–H and O–H groups in total. The van der Waals surface area contributed by atoms with Crippen molar-refractivity contribution in [2.45, 2.75) is 50.4 Å². The molecule has 2 aromatic rings. The number of hydrogen-bond donors (Lipinski definition) is 1. The molecule has 1 spiro atoms. The lowest BCUT2D eigenvalue weighted by Gasteiger charge is -2.39. The molecule has 1 saturated heterocycles. The first-order chi connectivity index (χ1) is 14.0. The minimum Gasteiger partial charge on any atom is -0.427 e. The minimum absolute atomic E-state index is 0.0692. The number of piperidine rings is 1. The number of carbonyl (C=O) groups excluding carboxylic acids is 2. The predicted molar refractivity (Wildman–Crippen MR) is 108 cm³/mol. The Labute approximate surface area is 168 Å². The Morgan fingerprint density at radius 1 is 1.21 bits per heavy atom. The number of para-hydroxylation sites is 1. The van der Waals surface area contributed by atoms with Crippen molar-refractivity contribution in [2.24, 2.45) is 0 Å². The highest BCUT2D eigenvalue weighted by Crippen LogP contribution is 2.44. The van der Waals surface area contributed by atoms with Crippen LogP contribution < -0.4 is 10.9 Å². The Kier molecular flexibility index (Phi) is 4.12. The molecule has 0 radical (unpaired) electrons. The van der Waals surface area contributed by atoms with E-state index in [0.717, 1.165) is 30.5 Å². The van der Waals surface area contributed by atoms with Gasteiger partial charge in [0.1, 0.15) is 11.3 Å². The molecule has 1 saturated carbocycles. The summed E-state index contributed by atoms with van der Waals surface area (Å²) < 4.78 is 5.52. The number of likely N-dealkylation sites (tertiary alicyclic amines) is 1. The van der Waals surface area contributed by atoms with E-state index in [0.29, 0.717) is 36.6 Å². The number of nitrogens with zero attached hydrogens (tertiary/aromatic N) is 1. The molecule has 2 amide bonds. The van der Waals surface area contributed by atoms with Crippen molar-refractivity contribution < 1.29 is 14.0 Å². The smallest absolute Gasteiger partial charge is 0.349 e. The Morgan fingerprint density at radius 3 is 2.72 bits per heavy atom. The topological polar surface area (TPSA) is 79.6 Å². The van der Waals surface area contributed by atoms with E-state index < -0.39 is 11.0 Å². The van der Waals surface area contributed by atoms with E-state index in [9.17, 15) is 14.4 Å². The zero-order valence-electron chi connectivity index (χ0n) is 16.5. The number of nitrogens with one attached hydrogen (secondary N) is 1. The quantitative estimate of drug-likeness (QED) is 0.850. The molecule has 6 nitrogen and oxygen atoms in total. The summed E-state index contributed by atoms with van der Waals surface area (Å²) >= 11 is 0. The lowest BCUT2D eigenvalue weighted by Crippen LogP contribution is -2.52. The Morgan fingerprint density at radius 2 is 2.00 bits per heavy atom. The average molecular weight is 392 g/mol. The number of fused-ring (bicyclic) bond motifs is 2. The van der Waals surface area contributed by atoms with Gasteiger partial charge in [-0.3, -0.25) is 9.59 Å². The van der Waals surface area contributed by atoms with Gasteiger partial charge in [0.05, 0.1) is 5.41 Å². The number of benzene rings is 1. The Bertz CT molecular complexity index is 1070. The van der Waals surface area contributed by atoms with Crippen LogP contribution >= 0.6 is 0 Å². The van der Waals surface area contributed by atoms with Gasteiger partial charge in [0.2, 0.25) is 5.91 Å². The molecular formula is C23H24N2O4.